The fourth-order valence-electron chi connectivity index (χ4n) is 3.09. The van der Waals surface area contributed by atoms with Crippen molar-refractivity contribution in [2.75, 3.05) is 39.3 Å². The monoisotopic (exact) mass is 335 g/mol. The zero-order chi connectivity index (χ0) is 16.9. The van der Waals surface area contributed by atoms with E-state index in [4.69, 9.17) is 0 Å². The summed E-state index contributed by atoms with van der Waals surface area (Å²) in [5.41, 5.74) is 0.892. The Morgan fingerprint density at radius 3 is 2.42 bits per heavy atom. The van der Waals surface area contributed by atoms with Gasteiger partial charge in [0, 0.05) is 39.3 Å². The number of β-amino-alcohol motifs (C(OH)–C–C–N with tert-alkyl or cyclic N) is 1. The van der Waals surface area contributed by atoms with Gasteiger partial charge in [-0.25, -0.2) is 4.39 Å². The average molecular weight is 335 g/mol. The standard InChI is InChI=1S/C18H26FN3O2/c19-16-5-1-14(2-6-16)11-20-18(24)13-22-9-7-21(8-10-22)12-17(23)15-3-4-15/h1-2,5-6,15,17,23H,3-4,7-13H2,(H,20,24)/t17-/m1/s1. The largest absolute Gasteiger partial charge is 0.392 e. The Labute approximate surface area is 142 Å². The van der Waals surface area contributed by atoms with Gasteiger partial charge in [-0.1, -0.05) is 12.1 Å². The molecule has 2 N–H and O–H groups in total. The van der Waals surface area contributed by atoms with Crippen molar-refractivity contribution < 1.29 is 14.3 Å². The second kappa shape index (κ2) is 8.05. The molecule has 0 unspecified atom stereocenters. The van der Waals surface area contributed by atoms with E-state index < -0.39 is 0 Å². The van der Waals surface area contributed by atoms with Gasteiger partial charge in [0.1, 0.15) is 5.82 Å². The highest BCUT2D eigenvalue weighted by molar-refractivity contribution is 5.78. The number of piperazine rings is 1. The second-order valence-electron chi connectivity index (χ2n) is 6.88. The number of amides is 1. The highest BCUT2D eigenvalue weighted by atomic mass is 19.1. The van der Waals surface area contributed by atoms with Gasteiger partial charge in [0.25, 0.3) is 0 Å². The number of nitrogens with zero attached hydrogens (tertiary/aromatic N) is 2. The first-order valence-corrected chi connectivity index (χ1v) is 8.74. The molecule has 132 valence electrons. The van der Waals surface area contributed by atoms with Crippen LogP contribution in [0.1, 0.15) is 18.4 Å². The summed E-state index contributed by atoms with van der Waals surface area (Å²) >= 11 is 0. The number of benzene rings is 1. The molecule has 24 heavy (non-hydrogen) atoms. The van der Waals surface area contributed by atoms with E-state index in [-0.39, 0.29) is 17.8 Å². The lowest BCUT2D eigenvalue weighted by atomic mass is 10.2. The number of aliphatic hydroxyl groups is 1. The summed E-state index contributed by atoms with van der Waals surface area (Å²) in [5.74, 6) is 0.237. The van der Waals surface area contributed by atoms with Gasteiger partial charge in [0.2, 0.25) is 5.91 Å². The molecule has 3 rings (SSSR count). The van der Waals surface area contributed by atoms with Crippen molar-refractivity contribution in [3.8, 4) is 0 Å². The number of carbonyl (C=O) groups excluding carboxylic acids is 1. The van der Waals surface area contributed by atoms with Crippen molar-refractivity contribution in [1.82, 2.24) is 15.1 Å². The summed E-state index contributed by atoms with van der Waals surface area (Å²) in [6, 6.07) is 6.16. The lowest BCUT2D eigenvalue weighted by Crippen LogP contribution is -2.51. The normalized spacial score (nSPS) is 20.8. The zero-order valence-electron chi connectivity index (χ0n) is 14.0. The molecule has 0 aromatic heterocycles. The lowest BCUT2D eigenvalue weighted by molar-refractivity contribution is -0.122. The van der Waals surface area contributed by atoms with E-state index in [0.29, 0.717) is 19.0 Å². The Kier molecular flexibility index (Phi) is 5.81. The van der Waals surface area contributed by atoms with Crippen LogP contribution >= 0.6 is 0 Å². The van der Waals surface area contributed by atoms with Crippen molar-refractivity contribution in [2.24, 2.45) is 5.92 Å². The van der Waals surface area contributed by atoms with Crippen molar-refractivity contribution in [1.29, 1.82) is 0 Å². The van der Waals surface area contributed by atoms with E-state index in [2.05, 4.69) is 15.1 Å². The first kappa shape index (κ1) is 17.3. The Morgan fingerprint density at radius 2 is 1.79 bits per heavy atom. The van der Waals surface area contributed by atoms with Gasteiger partial charge in [-0.05, 0) is 36.5 Å². The van der Waals surface area contributed by atoms with E-state index in [9.17, 15) is 14.3 Å². The molecule has 1 aromatic carbocycles. The minimum absolute atomic E-state index is 0.00853. The van der Waals surface area contributed by atoms with E-state index in [0.717, 1.165) is 51.1 Å². The fourth-order valence-corrected chi connectivity index (χ4v) is 3.09. The Balaban J connectivity index is 1.33. The summed E-state index contributed by atoms with van der Waals surface area (Å²) in [6.45, 7) is 5.06. The van der Waals surface area contributed by atoms with Crippen LogP contribution in [0.15, 0.2) is 24.3 Å². The third-order valence-electron chi connectivity index (χ3n) is 4.85. The SMILES string of the molecule is O=C(CN1CCN(C[C@@H](O)C2CC2)CC1)NCc1ccc(F)cc1. The molecule has 0 bridgehead atoms. The third-order valence-corrected chi connectivity index (χ3v) is 4.85. The van der Waals surface area contributed by atoms with Crippen LogP contribution in [-0.4, -0.2) is 66.2 Å². The van der Waals surface area contributed by atoms with E-state index in [1.807, 2.05) is 0 Å². The van der Waals surface area contributed by atoms with Crippen LogP contribution in [0, 0.1) is 11.7 Å². The molecule has 1 saturated carbocycles. The molecule has 1 aliphatic heterocycles. The Bertz CT molecular complexity index is 540. The number of hydrogen-bond donors (Lipinski definition) is 2. The molecule has 1 saturated heterocycles. The molecule has 6 heteroatoms. The average Bonchev–Trinajstić information content (AvgIpc) is 3.41. The maximum absolute atomic E-state index is 12.8. The first-order valence-electron chi connectivity index (χ1n) is 8.74. The highest BCUT2D eigenvalue weighted by Gasteiger charge is 2.31. The van der Waals surface area contributed by atoms with Crippen LogP contribution in [0.5, 0.6) is 0 Å². The fraction of sp³-hybridized carbons (Fsp3) is 0.611. The van der Waals surface area contributed by atoms with E-state index in [1.54, 1.807) is 12.1 Å². The number of halogens is 1. The summed E-state index contributed by atoms with van der Waals surface area (Å²) in [7, 11) is 0. The molecule has 0 radical (unpaired) electrons. The molecule has 1 atom stereocenters. The molecule has 1 aromatic rings. The number of aliphatic hydroxyl groups excluding tert-OH is 1. The Hall–Kier alpha value is -1.50. The lowest BCUT2D eigenvalue weighted by Gasteiger charge is -2.35. The molecular weight excluding hydrogens is 309 g/mol. The van der Waals surface area contributed by atoms with E-state index >= 15 is 0 Å². The number of nitrogens with one attached hydrogen (secondary N) is 1. The van der Waals surface area contributed by atoms with Crippen molar-refractivity contribution in [2.45, 2.75) is 25.5 Å². The number of rotatable bonds is 7. The van der Waals surface area contributed by atoms with Gasteiger partial charge in [0.05, 0.1) is 12.6 Å². The molecule has 1 heterocycles. The molecule has 1 amide bonds. The predicted octanol–water partition coefficient (Wildman–Crippen LogP) is 0.830. The molecule has 1 aliphatic carbocycles. The molecular formula is C18H26FN3O2. The number of carbonyl (C=O) groups is 1. The van der Waals surface area contributed by atoms with Crippen LogP contribution in [-0.2, 0) is 11.3 Å². The highest BCUT2D eigenvalue weighted by Crippen LogP contribution is 2.32. The minimum atomic E-state index is -0.269. The van der Waals surface area contributed by atoms with Gasteiger partial charge < -0.3 is 10.4 Å². The predicted molar refractivity (Wildman–Crippen MR) is 89.9 cm³/mol. The maximum atomic E-state index is 12.8. The quantitative estimate of drug-likeness (QED) is 0.775. The summed E-state index contributed by atoms with van der Waals surface area (Å²) in [6.07, 6.45) is 2.14. The molecule has 5 nitrogen and oxygen atoms in total. The van der Waals surface area contributed by atoms with Gasteiger partial charge in [-0.3, -0.25) is 14.6 Å². The molecule has 0 spiro atoms. The zero-order valence-corrected chi connectivity index (χ0v) is 14.0. The molecule has 2 aliphatic rings. The van der Waals surface area contributed by atoms with E-state index in [1.165, 1.54) is 12.1 Å². The van der Waals surface area contributed by atoms with Crippen LogP contribution in [0.3, 0.4) is 0 Å². The van der Waals surface area contributed by atoms with Crippen LogP contribution < -0.4 is 5.32 Å². The minimum Gasteiger partial charge on any atom is -0.392 e. The maximum Gasteiger partial charge on any atom is 0.234 e. The van der Waals surface area contributed by atoms with Crippen LogP contribution in [0.4, 0.5) is 4.39 Å². The third kappa shape index (κ3) is 5.26. The topological polar surface area (TPSA) is 55.8 Å². The number of hydrogen-bond acceptors (Lipinski definition) is 4. The van der Waals surface area contributed by atoms with Gasteiger partial charge in [0.15, 0.2) is 0 Å². The van der Waals surface area contributed by atoms with Gasteiger partial charge in [-0.15, -0.1) is 0 Å². The van der Waals surface area contributed by atoms with Crippen molar-refractivity contribution in [3.63, 3.8) is 0 Å². The molecule has 2 fully saturated rings. The van der Waals surface area contributed by atoms with Crippen LogP contribution in [0.2, 0.25) is 0 Å². The van der Waals surface area contributed by atoms with Crippen LogP contribution in [0.25, 0.3) is 0 Å². The Morgan fingerprint density at radius 1 is 1.17 bits per heavy atom. The summed E-state index contributed by atoms with van der Waals surface area (Å²) in [4.78, 5) is 16.5. The smallest absolute Gasteiger partial charge is 0.234 e. The van der Waals surface area contributed by atoms with Crippen molar-refractivity contribution >= 4 is 5.91 Å². The summed E-state index contributed by atoms with van der Waals surface area (Å²) in [5, 5.41) is 12.9. The summed E-state index contributed by atoms with van der Waals surface area (Å²) < 4.78 is 12.8. The first-order chi connectivity index (χ1) is 11.6. The van der Waals surface area contributed by atoms with Crippen molar-refractivity contribution in [3.05, 3.63) is 35.6 Å². The van der Waals surface area contributed by atoms with Gasteiger partial charge in [-0.2, -0.15) is 0 Å². The second-order valence-corrected chi connectivity index (χ2v) is 6.88. The van der Waals surface area contributed by atoms with Gasteiger partial charge >= 0.3 is 0 Å².